The monoisotopic (exact) mass is 326 g/mol. The van der Waals surface area contributed by atoms with Gasteiger partial charge in [-0.25, -0.2) is 0 Å². The zero-order valence-corrected chi connectivity index (χ0v) is 15.2. The summed E-state index contributed by atoms with van der Waals surface area (Å²) in [6.07, 6.45) is 3.72. The van der Waals surface area contributed by atoms with E-state index in [0.717, 1.165) is 58.1 Å². The fraction of sp³-hybridized carbons (Fsp3) is 0.882. The summed E-state index contributed by atoms with van der Waals surface area (Å²) in [6, 6.07) is 0. The van der Waals surface area contributed by atoms with Gasteiger partial charge in [-0.15, -0.1) is 0 Å². The highest BCUT2D eigenvalue weighted by molar-refractivity contribution is 5.80. The Morgan fingerprint density at radius 1 is 1.35 bits per heavy atom. The van der Waals surface area contributed by atoms with E-state index in [1.54, 1.807) is 7.05 Å². The molecule has 0 saturated carbocycles. The lowest BCUT2D eigenvalue weighted by atomic mass is 9.93. The Morgan fingerprint density at radius 3 is 2.61 bits per heavy atom. The van der Waals surface area contributed by atoms with E-state index in [1.165, 1.54) is 0 Å². The van der Waals surface area contributed by atoms with Crippen molar-refractivity contribution in [2.45, 2.75) is 39.5 Å². The molecule has 0 spiro atoms. The molecule has 0 aromatic heterocycles. The van der Waals surface area contributed by atoms with E-state index in [1.807, 2.05) is 7.05 Å². The van der Waals surface area contributed by atoms with Crippen LogP contribution in [0.25, 0.3) is 0 Å². The molecule has 1 rings (SSSR count). The third kappa shape index (κ3) is 8.21. The van der Waals surface area contributed by atoms with Gasteiger partial charge in [0.1, 0.15) is 0 Å². The highest BCUT2D eigenvalue weighted by Gasteiger charge is 2.22. The number of piperidine rings is 1. The molecule has 0 radical (unpaired) electrons. The summed E-state index contributed by atoms with van der Waals surface area (Å²) < 4.78 is 5.59. The Labute approximate surface area is 141 Å². The number of likely N-dealkylation sites (tertiary alicyclic amines) is 1. The first-order chi connectivity index (χ1) is 11.1. The molecule has 0 atom stereocenters. The second-order valence-electron chi connectivity index (χ2n) is 6.60. The van der Waals surface area contributed by atoms with Gasteiger partial charge in [-0.3, -0.25) is 9.79 Å². The van der Waals surface area contributed by atoms with Crippen LogP contribution in [-0.4, -0.2) is 63.7 Å². The van der Waals surface area contributed by atoms with Gasteiger partial charge in [-0.05, 0) is 31.1 Å². The number of hydrogen-bond acceptors (Lipinski definition) is 3. The molecule has 1 fully saturated rings. The highest BCUT2D eigenvalue weighted by Crippen LogP contribution is 2.20. The average molecular weight is 326 g/mol. The van der Waals surface area contributed by atoms with Gasteiger partial charge in [0.05, 0.1) is 0 Å². The number of rotatable bonds is 8. The smallest absolute Gasteiger partial charge is 0.220 e. The lowest BCUT2D eigenvalue weighted by molar-refractivity contribution is -0.121. The maximum absolute atomic E-state index is 11.4. The zero-order valence-electron chi connectivity index (χ0n) is 15.2. The minimum atomic E-state index is 0.146. The topological polar surface area (TPSA) is 66.0 Å². The van der Waals surface area contributed by atoms with E-state index in [4.69, 9.17) is 4.74 Å². The molecule has 0 unspecified atom stereocenters. The Hall–Kier alpha value is -1.30. The molecule has 1 saturated heterocycles. The summed E-state index contributed by atoms with van der Waals surface area (Å²) in [7, 11) is 3.53. The minimum absolute atomic E-state index is 0.146. The zero-order chi connectivity index (χ0) is 17.1. The number of carbonyl (C=O) groups excluding carboxylic acids is 1. The summed E-state index contributed by atoms with van der Waals surface area (Å²) in [5.74, 6) is 2.19. The van der Waals surface area contributed by atoms with Crippen LogP contribution in [0.2, 0.25) is 0 Å². The van der Waals surface area contributed by atoms with Gasteiger partial charge in [0.25, 0.3) is 0 Å². The lowest BCUT2D eigenvalue weighted by Crippen LogP contribution is -2.46. The number of ether oxygens (including phenoxy) is 1. The van der Waals surface area contributed by atoms with Crippen LogP contribution in [0.1, 0.15) is 39.5 Å². The normalized spacial score (nSPS) is 16.7. The van der Waals surface area contributed by atoms with Gasteiger partial charge in [0, 0.05) is 53.4 Å². The van der Waals surface area contributed by atoms with Crippen LogP contribution in [0.5, 0.6) is 0 Å². The Bertz CT molecular complexity index is 364. The Kier molecular flexibility index (Phi) is 9.67. The maximum atomic E-state index is 11.4. The SMILES string of the molecule is CN=C(NCCCOCC(C)C)N1CCC(CC(=O)NC)CC1. The molecule has 6 heteroatoms. The first kappa shape index (κ1) is 19.7. The standard InChI is InChI=1S/C17H34N4O2/c1-14(2)13-23-11-5-8-20-17(19-4)21-9-6-15(7-10-21)12-16(22)18-3/h14-15H,5-13H2,1-4H3,(H,18,22)(H,19,20). The van der Waals surface area contributed by atoms with Crippen LogP contribution in [0.3, 0.4) is 0 Å². The minimum Gasteiger partial charge on any atom is -0.381 e. The molecule has 1 heterocycles. The first-order valence-corrected chi connectivity index (χ1v) is 8.80. The van der Waals surface area contributed by atoms with Crippen molar-refractivity contribution in [1.29, 1.82) is 0 Å². The quantitative estimate of drug-likeness (QED) is 0.403. The molecule has 0 aromatic rings. The number of hydrogen-bond donors (Lipinski definition) is 2. The molecule has 6 nitrogen and oxygen atoms in total. The number of aliphatic imine (C=N–C) groups is 1. The molecule has 1 aliphatic rings. The number of amides is 1. The molecule has 134 valence electrons. The van der Waals surface area contributed by atoms with Crippen molar-refractivity contribution in [3.63, 3.8) is 0 Å². The molecule has 0 aliphatic carbocycles. The van der Waals surface area contributed by atoms with Gasteiger partial charge >= 0.3 is 0 Å². The summed E-state index contributed by atoms with van der Waals surface area (Å²) >= 11 is 0. The van der Waals surface area contributed by atoms with Crippen LogP contribution in [0.4, 0.5) is 0 Å². The predicted molar refractivity (Wildman–Crippen MR) is 94.6 cm³/mol. The summed E-state index contributed by atoms with van der Waals surface area (Å²) in [5.41, 5.74) is 0. The van der Waals surface area contributed by atoms with E-state index < -0.39 is 0 Å². The second-order valence-corrected chi connectivity index (χ2v) is 6.60. The van der Waals surface area contributed by atoms with Crippen LogP contribution < -0.4 is 10.6 Å². The van der Waals surface area contributed by atoms with Crippen LogP contribution >= 0.6 is 0 Å². The fourth-order valence-electron chi connectivity index (χ4n) is 2.74. The van der Waals surface area contributed by atoms with E-state index in [-0.39, 0.29) is 5.91 Å². The lowest BCUT2D eigenvalue weighted by Gasteiger charge is -2.34. The first-order valence-electron chi connectivity index (χ1n) is 8.80. The van der Waals surface area contributed by atoms with E-state index in [0.29, 0.717) is 18.3 Å². The van der Waals surface area contributed by atoms with Crippen molar-refractivity contribution in [1.82, 2.24) is 15.5 Å². The summed E-state index contributed by atoms with van der Waals surface area (Å²) in [4.78, 5) is 18.1. The molecule has 1 amide bonds. The molecule has 2 N–H and O–H groups in total. The van der Waals surface area contributed by atoms with Gasteiger partial charge in [-0.1, -0.05) is 13.8 Å². The van der Waals surface area contributed by atoms with Gasteiger partial charge in [0.2, 0.25) is 5.91 Å². The van der Waals surface area contributed by atoms with Crippen molar-refractivity contribution in [3.05, 3.63) is 0 Å². The molecule has 0 bridgehead atoms. The van der Waals surface area contributed by atoms with E-state index in [9.17, 15) is 4.79 Å². The number of guanidine groups is 1. The van der Waals surface area contributed by atoms with Crippen LogP contribution in [0, 0.1) is 11.8 Å². The van der Waals surface area contributed by atoms with Gasteiger partial charge in [0.15, 0.2) is 5.96 Å². The molecule has 1 aliphatic heterocycles. The third-order valence-electron chi connectivity index (χ3n) is 4.08. The molecule has 23 heavy (non-hydrogen) atoms. The van der Waals surface area contributed by atoms with Crippen molar-refractivity contribution < 1.29 is 9.53 Å². The second kappa shape index (κ2) is 11.3. The molecular weight excluding hydrogens is 292 g/mol. The number of carbonyl (C=O) groups is 1. The third-order valence-corrected chi connectivity index (χ3v) is 4.08. The number of nitrogens with one attached hydrogen (secondary N) is 2. The largest absolute Gasteiger partial charge is 0.381 e. The maximum Gasteiger partial charge on any atom is 0.220 e. The van der Waals surface area contributed by atoms with Gasteiger partial charge < -0.3 is 20.3 Å². The Balaban J connectivity index is 2.20. The summed E-state index contributed by atoms with van der Waals surface area (Å²) in [6.45, 7) is 8.74. The van der Waals surface area contributed by atoms with E-state index >= 15 is 0 Å². The van der Waals surface area contributed by atoms with Crippen molar-refractivity contribution >= 4 is 11.9 Å². The Morgan fingerprint density at radius 2 is 2.04 bits per heavy atom. The molecular formula is C17H34N4O2. The van der Waals surface area contributed by atoms with Gasteiger partial charge in [-0.2, -0.15) is 0 Å². The van der Waals surface area contributed by atoms with E-state index in [2.05, 4.69) is 34.4 Å². The predicted octanol–water partition coefficient (Wildman–Crippen LogP) is 1.47. The number of nitrogens with zero attached hydrogens (tertiary/aromatic N) is 2. The highest BCUT2D eigenvalue weighted by atomic mass is 16.5. The molecule has 0 aromatic carbocycles. The van der Waals surface area contributed by atoms with Crippen molar-refractivity contribution in [2.24, 2.45) is 16.8 Å². The van der Waals surface area contributed by atoms with Crippen molar-refractivity contribution in [2.75, 3.05) is 46.9 Å². The van der Waals surface area contributed by atoms with Crippen LogP contribution in [-0.2, 0) is 9.53 Å². The van der Waals surface area contributed by atoms with Crippen LogP contribution in [0.15, 0.2) is 4.99 Å². The summed E-state index contributed by atoms with van der Waals surface area (Å²) in [5, 5.41) is 6.12. The average Bonchev–Trinajstić information content (AvgIpc) is 2.55. The van der Waals surface area contributed by atoms with Crippen molar-refractivity contribution in [3.8, 4) is 0 Å². The fourth-order valence-corrected chi connectivity index (χ4v) is 2.74.